The van der Waals surface area contributed by atoms with Gasteiger partial charge in [0.15, 0.2) is 0 Å². The monoisotopic (exact) mass is 321 g/mol. The first-order chi connectivity index (χ1) is 11.1. The molecule has 1 amide bonds. The molecule has 0 bridgehead atoms. The second-order valence-electron chi connectivity index (χ2n) is 6.67. The van der Waals surface area contributed by atoms with E-state index in [1.165, 1.54) is 5.57 Å². The molecule has 130 valence electrons. The third-order valence-electron chi connectivity index (χ3n) is 4.72. The molecule has 0 aliphatic carbocycles. The van der Waals surface area contributed by atoms with Crippen molar-refractivity contribution in [1.29, 1.82) is 0 Å². The topological polar surface area (TPSA) is 62.7 Å². The normalized spacial score (nSPS) is 25.7. The maximum atomic E-state index is 12.6. The van der Waals surface area contributed by atoms with Crippen molar-refractivity contribution >= 4 is 11.7 Å². The van der Waals surface area contributed by atoms with Crippen LogP contribution in [-0.2, 0) is 9.53 Å². The summed E-state index contributed by atoms with van der Waals surface area (Å²) in [5.74, 6) is 1.76. The number of carbonyl (C=O) groups is 1. The van der Waals surface area contributed by atoms with Crippen LogP contribution >= 0.6 is 0 Å². The Labute approximate surface area is 140 Å². The fraction of sp³-hybridized carbons (Fsp3) is 0.778. The molecule has 23 heavy (non-hydrogen) atoms. The van der Waals surface area contributed by atoms with Crippen LogP contribution in [-0.4, -0.2) is 44.1 Å². The van der Waals surface area contributed by atoms with E-state index in [0.717, 1.165) is 57.8 Å². The van der Waals surface area contributed by atoms with Crippen LogP contribution in [0.15, 0.2) is 16.6 Å². The molecule has 2 unspecified atom stereocenters. The number of rotatable bonds is 7. The Balaban J connectivity index is 1.88. The highest BCUT2D eigenvalue weighted by atomic mass is 16.5. The van der Waals surface area contributed by atoms with Gasteiger partial charge in [0.25, 0.3) is 0 Å². The molecule has 0 spiro atoms. The fourth-order valence-corrected chi connectivity index (χ4v) is 3.12. The highest BCUT2D eigenvalue weighted by molar-refractivity contribution is 6.06. The van der Waals surface area contributed by atoms with Gasteiger partial charge < -0.3 is 15.4 Å². The predicted octanol–water partition coefficient (Wildman–Crippen LogP) is 2.28. The van der Waals surface area contributed by atoms with E-state index in [1.54, 1.807) is 0 Å². The quantitative estimate of drug-likeness (QED) is 0.756. The van der Waals surface area contributed by atoms with Crippen molar-refractivity contribution in [3.63, 3.8) is 0 Å². The van der Waals surface area contributed by atoms with Gasteiger partial charge in [-0.25, -0.2) is 0 Å². The van der Waals surface area contributed by atoms with Crippen molar-refractivity contribution in [2.24, 2.45) is 16.8 Å². The van der Waals surface area contributed by atoms with Gasteiger partial charge in [-0.2, -0.15) is 0 Å². The number of nitrogens with one attached hydrogen (secondary N) is 2. The molecule has 0 aromatic carbocycles. The molecular formula is C18H31N3O2. The number of amides is 1. The zero-order chi connectivity index (χ0) is 16.7. The van der Waals surface area contributed by atoms with Gasteiger partial charge in [0.05, 0.1) is 12.6 Å². The lowest BCUT2D eigenvalue weighted by molar-refractivity contribution is -0.121. The third kappa shape index (κ3) is 5.43. The summed E-state index contributed by atoms with van der Waals surface area (Å²) < 4.78 is 5.40. The minimum atomic E-state index is -0.152. The molecule has 5 heteroatoms. The Morgan fingerprint density at radius 2 is 2.30 bits per heavy atom. The number of hydrogen-bond acceptors (Lipinski definition) is 4. The van der Waals surface area contributed by atoms with Crippen molar-refractivity contribution in [2.45, 2.75) is 52.5 Å². The minimum absolute atomic E-state index is 0.0331. The Morgan fingerprint density at radius 3 is 2.96 bits per heavy atom. The Kier molecular flexibility index (Phi) is 7.24. The van der Waals surface area contributed by atoms with E-state index in [0.29, 0.717) is 11.8 Å². The lowest BCUT2D eigenvalue weighted by Crippen LogP contribution is -2.47. The van der Waals surface area contributed by atoms with E-state index in [-0.39, 0.29) is 11.9 Å². The third-order valence-corrected chi connectivity index (χ3v) is 4.72. The molecule has 2 aliphatic heterocycles. The summed E-state index contributed by atoms with van der Waals surface area (Å²) in [4.78, 5) is 17.1. The van der Waals surface area contributed by atoms with Crippen molar-refractivity contribution < 1.29 is 9.53 Å². The van der Waals surface area contributed by atoms with Crippen LogP contribution in [0.25, 0.3) is 0 Å². The molecule has 2 heterocycles. The van der Waals surface area contributed by atoms with Crippen LogP contribution in [0.2, 0.25) is 0 Å². The van der Waals surface area contributed by atoms with Gasteiger partial charge >= 0.3 is 0 Å². The van der Waals surface area contributed by atoms with Gasteiger partial charge in [0, 0.05) is 19.7 Å². The summed E-state index contributed by atoms with van der Waals surface area (Å²) in [7, 11) is 0. The van der Waals surface area contributed by atoms with Gasteiger partial charge in [0.2, 0.25) is 5.91 Å². The maximum Gasteiger partial charge on any atom is 0.242 e. The van der Waals surface area contributed by atoms with E-state index in [9.17, 15) is 4.79 Å². The van der Waals surface area contributed by atoms with Crippen LogP contribution in [0, 0.1) is 11.8 Å². The summed E-state index contributed by atoms with van der Waals surface area (Å²) >= 11 is 0. The molecular weight excluding hydrogens is 290 g/mol. The van der Waals surface area contributed by atoms with Gasteiger partial charge in [-0.1, -0.05) is 32.8 Å². The van der Waals surface area contributed by atoms with Crippen LogP contribution in [0.4, 0.5) is 0 Å². The van der Waals surface area contributed by atoms with Gasteiger partial charge in [-0.3, -0.25) is 9.79 Å². The number of amidine groups is 1. The van der Waals surface area contributed by atoms with E-state index in [4.69, 9.17) is 4.74 Å². The van der Waals surface area contributed by atoms with Crippen LogP contribution in [0.1, 0.15) is 46.5 Å². The average molecular weight is 321 g/mol. The first-order valence-electron chi connectivity index (χ1n) is 9.00. The van der Waals surface area contributed by atoms with E-state index in [1.807, 2.05) is 6.08 Å². The van der Waals surface area contributed by atoms with Gasteiger partial charge in [0.1, 0.15) is 5.84 Å². The number of aliphatic imine (C=N–C) groups is 1. The summed E-state index contributed by atoms with van der Waals surface area (Å²) in [6.45, 7) is 9.70. The molecule has 0 saturated carbocycles. The number of hydrogen-bond donors (Lipinski definition) is 2. The molecule has 3 atom stereocenters. The Hall–Kier alpha value is -1.20. The lowest BCUT2D eigenvalue weighted by atomic mass is 9.96. The molecule has 0 radical (unpaired) electrons. The van der Waals surface area contributed by atoms with Gasteiger partial charge in [-0.15, -0.1) is 0 Å². The zero-order valence-electron chi connectivity index (χ0n) is 14.7. The molecule has 1 saturated heterocycles. The van der Waals surface area contributed by atoms with Crippen molar-refractivity contribution in [3.05, 3.63) is 11.6 Å². The second kappa shape index (κ2) is 9.18. The van der Waals surface area contributed by atoms with Crippen molar-refractivity contribution in [1.82, 2.24) is 10.6 Å². The van der Waals surface area contributed by atoms with E-state index in [2.05, 4.69) is 36.4 Å². The summed E-state index contributed by atoms with van der Waals surface area (Å²) in [5.41, 5.74) is 1.36. The highest BCUT2D eigenvalue weighted by Gasteiger charge is 2.23. The molecule has 2 N–H and O–H groups in total. The molecule has 0 aromatic heterocycles. The number of dihydropyridines is 1. The standard InChI is InChI=1S/C18H31N3O2/c1-4-6-16(19-11-14-7-8-23-12-14)18(22)21-17-9-15(5-2)13(3)10-20-17/h9,13-14,16,19H,4-8,10-12H2,1-3H3,(H,20,21,22)/t13?,14?,16-/m0/s1. The SMILES string of the molecule is CCC[C@H](NCC1CCOC1)C(=O)NC1=NCC(C)C(CC)=C1. The summed E-state index contributed by atoms with van der Waals surface area (Å²) in [6.07, 6.45) is 5.95. The summed E-state index contributed by atoms with van der Waals surface area (Å²) in [5, 5.41) is 6.42. The molecule has 2 rings (SSSR count). The Morgan fingerprint density at radius 1 is 1.48 bits per heavy atom. The van der Waals surface area contributed by atoms with Crippen LogP contribution < -0.4 is 10.6 Å². The lowest BCUT2D eigenvalue weighted by Gasteiger charge is -2.22. The number of nitrogens with zero attached hydrogens (tertiary/aromatic N) is 1. The largest absolute Gasteiger partial charge is 0.381 e. The van der Waals surface area contributed by atoms with Crippen LogP contribution in [0.5, 0.6) is 0 Å². The minimum Gasteiger partial charge on any atom is -0.381 e. The smallest absolute Gasteiger partial charge is 0.242 e. The maximum absolute atomic E-state index is 12.6. The van der Waals surface area contributed by atoms with Crippen LogP contribution in [0.3, 0.4) is 0 Å². The zero-order valence-corrected chi connectivity index (χ0v) is 14.7. The molecule has 5 nitrogen and oxygen atoms in total. The second-order valence-corrected chi connectivity index (χ2v) is 6.67. The number of ether oxygens (including phenoxy) is 1. The predicted molar refractivity (Wildman–Crippen MR) is 93.6 cm³/mol. The first-order valence-corrected chi connectivity index (χ1v) is 9.00. The highest BCUT2D eigenvalue weighted by Crippen LogP contribution is 2.18. The number of carbonyl (C=O) groups excluding carboxylic acids is 1. The molecule has 1 fully saturated rings. The molecule has 0 aromatic rings. The van der Waals surface area contributed by atoms with E-state index >= 15 is 0 Å². The first kappa shape index (κ1) is 18.1. The van der Waals surface area contributed by atoms with Gasteiger partial charge in [-0.05, 0) is 37.2 Å². The summed E-state index contributed by atoms with van der Waals surface area (Å²) in [6, 6.07) is -0.152. The van der Waals surface area contributed by atoms with Crippen molar-refractivity contribution in [2.75, 3.05) is 26.3 Å². The average Bonchev–Trinajstić information content (AvgIpc) is 3.06. The molecule has 2 aliphatic rings. The van der Waals surface area contributed by atoms with Crippen molar-refractivity contribution in [3.8, 4) is 0 Å². The fourth-order valence-electron chi connectivity index (χ4n) is 3.12. The Bertz CT molecular complexity index is 453. The van der Waals surface area contributed by atoms with E-state index < -0.39 is 0 Å².